The average Bonchev–Trinajstić information content (AvgIpc) is 2.63. The third kappa shape index (κ3) is 3.67. The van der Waals surface area contributed by atoms with Crippen molar-refractivity contribution in [3.05, 3.63) is 11.1 Å². The number of anilines is 1. The molecule has 0 bridgehead atoms. The molecule has 1 aromatic rings. The molecule has 2 N–H and O–H groups in total. The van der Waals surface area contributed by atoms with Crippen molar-refractivity contribution in [1.82, 2.24) is 15.2 Å². The van der Waals surface area contributed by atoms with Crippen molar-refractivity contribution in [2.45, 2.75) is 19.9 Å². The van der Waals surface area contributed by atoms with Crippen LogP contribution in [0, 0.1) is 0 Å². The number of nitrogens with one attached hydrogen (secondary N) is 2. The van der Waals surface area contributed by atoms with Crippen LogP contribution in [-0.2, 0) is 11.3 Å². The van der Waals surface area contributed by atoms with Crippen molar-refractivity contribution in [1.29, 1.82) is 0 Å². The second-order valence-electron chi connectivity index (χ2n) is 4.04. The van der Waals surface area contributed by atoms with Gasteiger partial charge in [-0.1, -0.05) is 0 Å². The van der Waals surface area contributed by atoms with Crippen LogP contribution in [-0.4, -0.2) is 42.0 Å². The zero-order chi connectivity index (χ0) is 12.1. The van der Waals surface area contributed by atoms with Gasteiger partial charge in [0.2, 0.25) is 5.91 Å². The second-order valence-corrected chi connectivity index (χ2v) is 5.15. The van der Waals surface area contributed by atoms with Crippen molar-refractivity contribution < 1.29 is 4.79 Å². The van der Waals surface area contributed by atoms with Crippen LogP contribution in [0.3, 0.4) is 0 Å². The minimum atomic E-state index is 0.158. The van der Waals surface area contributed by atoms with Gasteiger partial charge in [-0.2, -0.15) is 0 Å². The van der Waals surface area contributed by atoms with E-state index in [1.165, 1.54) is 4.88 Å². The highest BCUT2D eigenvalue weighted by molar-refractivity contribution is 7.15. The number of carbonyl (C=O) groups excluding carboxylic acids is 1. The van der Waals surface area contributed by atoms with E-state index in [-0.39, 0.29) is 5.91 Å². The molecule has 17 heavy (non-hydrogen) atoms. The number of nitrogens with zero attached hydrogens (tertiary/aromatic N) is 2. The van der Waals surface area contributed by atoms with E-state index < -0.39 is 0 Å². The minimum absolute atomic E-state index is 0.158. The Kier molecular flexibility index (Phi) is 4.33. The van der Waals surface area contributed by atoms with Gasteiger partial charge in [0.25, 0.3) is 0 Å². The van der Waals surface area contributed by atoms with Gasteiger partial charge in [-0.15, -0.1) is 11.3 Å². The standard InChI is InChI=1S/C11H18N4OS/c1-2-12-11-14-7-9(17-11)8-15-5-3-10(16)13-4-6-15/h7H,2-6,8H2,1H3,(H,12,14)(H,13,16). The monoisotopic (exact) mass is 254 g/mol. The molecule has 0 radical (unpaired) electrons. The Bertz CT molecular complexity index is 379. The van der Waals surface area contributed by atoms with E-state index in [4.69, 9.17) is 0 Å². The van der Waals surface area contributed by atoms with Crippen LogP contribution in [0.2, 0.25) is 0 Å². The molecule has 1 aliphatic rings. The number of amides is 1. The van der Waals surface area contributed by atoms with Crippen LogP contribution in [0.1, 0.15) is 18.2 Å². The first-order valence-electron chi connectivity index (χ1n) is 5.95. The predicted molar refractivity (Wildman–Crippen MR) is 69.2 cm³/mol. The Morgan fingerprint density at radius 1 is 1.59 bits per heavy atom. The third-order valence-electron chi connectivity index (χ3n) is 2.67. The Hall–Kier alpha value is -1.14. The van der Waals surface area contributed by atoms with Crippen LogP contribution in [0.25, 0.3) is 0 Å². The molecule has 1 fully saturated rings. The summed E-state index contributed by atoms with van der Waals surface area (Å²) in [6, 6.07) is 0. The first-order valence-corrected chi connectivity index (χ1v) is 6.77. The van der Waals surface area contributed by atoms with Crippen molar-refractivity contribution in [3.8, 4) is 0 Å². The molecule has 2 rings (SSSR count). The quantitative estimate of drug-likeness (QED) is 0.838. The molecular formula is C11H18N4OS. The van der Waals surface area contributed by atoms with Gasteiger partial charge in [0.15, 0.2) is 5.13 Å². The highest BCUT2D eigenvalue weighted by Crippen LogP contribution is 2.19. The summed E-state index contributed by atoms with van der Waals surface area (Å²) in [4.78, 5) is 19.1. The largest absolute Gasteiger partial charge is 0.362 e. The molecule has 1 saturated heterocycles. The molecule has 0 aliphatic carbocycles. The van der Waals surface area contributed by atoms with E-state index in [1.807, 2.05) is 6.20 Å². The maximum atomic E-state index is 11.2. The number of hydrogen-bond acceptors (Lipinski definition) is 5. The fourth-order valence-corrected chi connectivity index (χ4v) is 2.73. The predicted octanol–water partition coefficient (Wildman–Crippen LogP) is 0.897. The molecule has 0 atom stereocenters. The second kappa shape index (κ2) is 5.97. The van der Waals surface area contributed by atoms with E-state index >= 15 is 0 Å². The minimum Gasteiger partial charge on any atom is -0.362 e. The Balaban J connectivity index is 1.88. The first-order chi connectivity index (χ1) is 8.28. The molecule has 0 spiro atoms. The maximum absolute atomic E-state index is 11.2. The lowest BCUT2D eigenvalue weighted by molar-refractivity contribution is -0.120. The van der Waals surface area contributed by atoms with Gasteiger partial charge in [0, 0.05) is 50.2 Å². The molecule has 94 valence electrons. The average molecular weight is 254 g/mol. The lowest BCUT2D eigenvalue weighted by atomic mass is 10.3. The summed E-state index contributed by atoms with van der Waals surface area (Å²) in [7, 11) is 0. The van der Waals surface area contributed by atoms with Crippen molar-refractivity contribution >= 4 is 22.4 Å². The van der Waals surface area contributed by atoms with Crippen LogP contribution in [0.5, 0.6) is 0 Å². The Morgan fingerprint density at radius 3 is 3.29 bits per heavy atom. The van der Waals surface area contributed by atoms with Crippen LogP contribution < -0.4 is 10.6 Å². The Morgan fingerprint density at radius 2 is 2.47 bits per heavy atom. The van der Waals surface area contributed by atoms with E-state index in [0.29, 0.717) is 6.42 Å². The number of hydrogen-bond donors (Lipinski definition) is 2. The van der Waals surface area contributed by atoms with Gasteiger partial charge in [-0.05, 0) is 6.92 Å². The molecule has 0 aromatic carbocycles. The molecule has 2 heterocycles. The zero-order valence-corrected chi connectivity index (χ0v) is 10.8. The highest BCUT2D eigenvalue weighted by atomic mass is 32.1. The van der Waals surface area contributed by atoms with Gasteiger partial charge >= 0.3 is 0 Å². The van der Waals surface area contributed by atoms with Crippen LogP contribution in [0.4, 0.5) is 5.13 Å². The molecule has 1 aromatic heterocycles. The zero-order valence-electron chi connectivity index (χ0n) is 10.0. The van der Waals surface area contributed by atoms with E-state index in [2.05, 4.69) is 27.4 Å². The van der Waals surface area contributed by atoms with Crippen LogP contribution >= 0.6 is 11.3 Å². The number of rotatable bonds is 4. The topological polar surface area (TPSA) is 57.3 Å². The summed E-state index contributed by atoms with van der Waals surface area (Å²) in [5, 5.41) is 7.07. The van der Waals surface area contributed by atoms with Crippen molar-refractivity contribution in [2.24, 2.45) is 0 Å². The smallest absolute Gasteiger partial charge is 0.221 e. The molecular weight excluding hydrogens is 236 g/mol. The molecule has 6 heteroatoms. The van der Waals surface area contributed by atoms with E-state index in [0.717, 1.165) is 37.9 Å². The fourth-order valence-electron chi connectivity index (χ4n) is 1.81. The summed E-state index contributed by atoms with van der Waals surface area (Å²) in [6.45, 7) is 6.35. The van der Waals surface area contributed by atoms with E-state index in [1.54, 1.807) is 11.3 Å². The number of thiazole rings is 1. The first kappa shape index (κ1) is 12.3. The van der Waals surface area contributed by atoms with Crippen molar-refractivity contribution in [3.63, 3.8) is 0 Å². The van der Waals surface area contributed by atoms with Gasteiger partial charge in [0.1, 0.15) is 0 Å². The fraction of sp³-hybridized carbons (Fsp3) is 0.636. The molecule has 5 nitrogen and oxygen atoms in total. The lowest BCUT2D eigenvalue weighted by Crippen LogP contribution is -2.27. The molecule has 1 aliphatic heterocycles. The normalized spacial score (nSPS) is 17.6. The van der Waals surface area contributed by atoms with Crippen LogP contribution in [0.15, 0.2) is 6.20 Å². The maximum Gasteiger partial charge on any atom is 0.221 e. The highest BCUT2D eigenvalue weighted by Gasteiger charge is 2.14. The molecule has 0 saturated carbocycles. The summed E-state index contributed by atoms with van der Waals surface area (Å²) in [6.07, 6.45) is 2.52. The summed E-state index contributed by atoms with van der Waals surface area (Å²) in [5.41, 5.74) is 0. The molecule has 1 amide bonds. The summed E-state index contributed by atoms with van der Waals surface area (Å²) >= 11 is 1.69. The van der Waals surface area contributed by atoms with Gasteiger partial charge < -0.3 is 10.6 Å². The number of carbonyl (C=O) groups is 1. The third-order valence-corrected chi connectivity index (χ3v) is 3.61. The van der Waals surface area contributed by atoms with Gasteiger partial charge in [0.05, 0.1) is 0 Å². The number of aromatic nitrogens is 1. The van der Waals surface area contributed by atoms with Gasteiger partial charge in [-0.3, -0.25) is 9.69 Å². The van der Waals surface area contributed by atoms with Gasteiger partial charge in [-0.25, -0.2) is 4.98 Å². The summed E-state index contributed by atoms with van der Waals surface area (Å²) < 4.78 is 0. The SMILES string of the molecule is CCNc1ncc(CN2CCNC(=O)CC2)s1. The summed E-state index contributed by atoms with van der Waals surface area (Å²) in [5.74, 6) is 0.158. The Labute approximate surface area is 105 Å². The van der Waals surface area contributed by atoms with E-state index in [9.17, 15) is 4.79 Å². The van der Waals surface area contributed by atoms with Crippen molar-refractivity contribution in [2.75, 3.05) is 31.5 Å². The lowest BCUT2D eigenvalue weighted by Gasteiger charge is -2.17. The molecule has 0 unspecified atom stereocenters.